The van der Waals surface area contributed by atoms with Gasteiger partial charge in [-0.25, -0.2) is 4.39 Å². The van der Waals surface area contributed by atoms with Gasteiger partial charge in [0, 0.05) is 11.9 Å². The summed E-state index contributed by atoms with van der Waals surface area (Å²) in [5.41, 5.74) is 3.19. The Hall–Kier alpha value is -3.60. The van der Waals surface area contributed by atoms with Gasteiger partial charge in [-0.1, -0.05) is 48.5 Å². The Bertz CT molecular complexity index is 1200. The summed E-state index contributed by atoms with van der Waals surface area (Å²) in [6.45, 7) is 4.79. The Morgan fingerprint density at radius 2 is 1.81 bits per heavy atom. The van der Waals surface area contributed by atoms with E-state index in [1.165, 1.54) is 12.1 Å². The fourth-order valence-electron chi connectivity index (χ4n) is 3.81. The van der Waals surface area contributed by atoms with E-state index in [1.54, 1.807) is 6.07 Å². The molecule has 0 fully saturated rings. The van der Waals surface area contributed by atoms with Crippen molar-refractivity contribution in [1.82, 2.24) is 9.88 Å². The van der Waals surface area contributed by atoms with Gasteiger partial charge in [0.2, 0.25) is 0 Å². The minimum Gasteiger partial charge on any atom is -0.493 e. The number of hydrogen-bond acceptors (Lipinski definition) is 2. The van der Waals surface area contributed by atoms with E-state index in [-0.39, 0.29) is 17.8 Å². The molecule has 3 aromatic carbocycles. The third-order valence-corrected chi connectivity index (χ3v) is 5.32. The molecule has 0 spiro atoms. The zero-order valence-electron chi connectivity index (χ0n) is 17.6. The number of rotatable bonds is 7. The summed E-state index contributed by atoms with van der Waals surface area (Å²) in [5.74, 6) is 0.238. The molecule has 1 atom stereocenters. The Kier molecular flexibility index (Phi) is 6.03. The number of fused-ring (bicyclic) bond motifs is 1. The minimum absolute atomic E-state index is 0.152. The van der Waals surface area contributed by atoms with Crippen LogP contribution in [0.2, 0.25) is 0 Å². The number of ether oxygens (including phenoxy) is 1. The number of nitrogens with one attached hydrogen (secondary N) is 1. The molecule has 158 valence electrons. The number of nitrogens with zero attached hydrogens (tertiary/aromatic N) is 1. The van der Waals surface area contributed by atoms with E-state index in [2.05, 4.69) is 5.32 Å². The predicted octanol–water partition coefficient (Wildman–Crippen LogP) is 5.72. The van der Waals surface area contributed by atoms with Crippen LogP contribution in [-0.2, 0) is 6.54 Å². The lowest BCUT2D eigenvalue weighted by molar-refractivity contribution is 0.0931. The second-order valence-corrected chi connectivity index (χ2v) is 7.47. The van der Waals surface area contributed by atoms with Crippen LogP contribution in [0.4, 0.5) is 4.39 Å². The molecule has 1 heterocycles. The molecule has 4 rings (SSSR count). The standard InChI is InChI=1S/C26H25FN2O2/c1-3-31-25-14-8-13-23-22(25)16-24(29(23)17-19-9-7-12-21(27)15-19)26(30)28-18(2)20-10-5-4-6-11-20/h4-16,18H,3,17H2,1-2H3,(H,28,30)/t18-/m0/s1. The fourth-order valence-corrected chi connectivity index (χ4v) is 3.81. The number of aromatic nitrogens is 1. The molecule has 1 N–H and O–H groups in total. The molecule has 0 unspecified atom stereocenters. The van der Waals surface area contributed by atoms with E-state index in [4.69, 9.17) is 4.74 Å². The van der Waals surface area contributed by atoms with Crippen molar-refractivity contribution in [3.8, 4) is 5.75 Å². The van der Waals surface area contributed by atoms with Crippen molar-refractivity contribution in [2.75, 3.05) is 6.61 Å². The number of carbonyl (C=O) groups excluding carboxylic acids is 1. The van der Waals surface area contributed by atoms with Crippen molar-refractivity contribution in [3.05, 3.63) is 102 Å². The van der Waals surface area contributed by atoms with Gasteiger partial charge in [-0.3, -0.25) is 4.79 Å². The van der Waals surface area contributed by atoms with Crippen LogP contribution in [0.25, 0.3) is 10.9 Å². The largest absolute Gasteiger partial charge is 0.493 e. The van der Waals surface area contributed by atoms with Crippen molar-refractivity contribution in [1.29, 1.82) is 0 Å². The number of carbonyl (C=O) groups is 1. The first-order valence-corrected chi connectivity index (χ1v) is 10.4. The Balaban J connectivity index is 1.75. The molecule has 31 heavy (non-hydrogen) atoms. The van der Waals surface area contributed by atoms with Gasteiger partial charge in [0.1, 0.15) is 17.3 Å². The lowest BCUT2D eigenvalue weighted by atomic mass is 10.1. The van der Waals surface area contributed by atoms with E-state index in [0.29, 0.717) is 18.8 Å². The van der Waals surface area contributed by atoms with Crippen molar-refractivity contribution in [2.45, 2.75) is 26.4 Å². The Morgan fingerprint density at radius 3 is 2.55 bits per heavy atom. The molecule has 0 saturated heterocycles. The van der Waals surface area contributed by atoms with Crippen LogP contribution in [0, 0.1) is 5.82 Å². The zero-order chi connectivity index (χ0) is 21.8. The third-order valence-electron chi connectivity index (χ3n) is 5.32. The summed E-state index contributed by atoms with van der Waals surface area (Å²) in [6, 6.07) is 23.7. The molecular formula is C26H25FN2O2. The van der Waals surface area contributed by atoms with E-state index < -0.39 is 0 Å². The highest BCUT2D eigenvalue weighted by Gasteiger charge is 2.20. The Labute approximate surface area is 181 Å². The van der Waals surface area contributed by atoms with E-state index in [0.717, 1.165) is 27.8 Å². The molecule has 0 aliphatic heterocycles. The van der Waals surface area contributed by atoms with Crippen molar-refractivity contribution < 1.29 is 13.9 Å². The summed E-state index contributed by atoms with van der Waals surface area (Å²) in [7, 11) is 0. The molecular weight excluding hydrogens is 391 g/mol. The number of hydrogen-bond donors (Lipinski definition) is 1. The average molecular weight is 416 g/mol. The Morgan fingerprint density at radius 1 is 1.03 bits per heavy atom. The van der Waals surface area contributed by atoms with Crippen molar-refractivity contribution in [2.24, 2.45) is 0 Å². The molecule has 4 nitrogen and oxygen atoms in total. The van der Waals surface area contributed by atoms with Crippen LogP contribution >= 0.6 is 0 Å². The van der Waals surface area contributed by atoms with Gasteiger partial charge in [-0.15, -0.1) is 0 Å². The minimum atomic E-state index is -0.298. The highest BCUT2D eigenvalue weighted by Crippen LogP contribution is 2.30. The van der Waals surface area contributed by atoms with E-state index in [9.17, 15) is 9.18 Å². The highest BCUT2D eigenvalue weighted by molar-refractivity contribution is 6.00. The average Bonchev–Trinajstić information content (AvgIpc) is 3.14. The smallest absolute Gasteiger partial charge is 0.268 e. The summed E-state index contributed by atoms with van der Waals surface area (Å²) in [6.07, 6.45) is 0. The first kappa shape index (κ1) is 20.7. The maximum atomic E-state index is 13.8. The third kappa shape index (κ3) is 4.45. The van der Waals surface area contributed by atoms with Crippen molar-refractivity contribution >= 4 is 16.8 Å². The molecule has 1 aromatic heterocycles. The second-order valence-electron chi connectivity index (χ2n) is 7.47. The monoisotopic (exact) mass is 416 g/mol. The van der Waals surface area contributed by atoms with Crippen LogP contribution in [0.5, 0.6) is 5.75 Å². The maximum Gasteiger partial charge on any atom is 0.268 e. The molecule has 5 heteroatoms. The van der Waals surface area contributed by atoms with Crippen LogP contribution in [-0.4, -0.2) is 17.1 Å². The molecule has 0 aliphatic carbocycles. The van der Waals surface area contributed by atoms with Crippen molar-refractivity contribution in [3.63, 3.8) is 0 Å². The van der Waals surface area contributed by atoms with Crippen LogP contribution in [0.3, 0.4) is 0 Å². The maximum absolute atomic E-state index is 13.8. The van der Waals surface area contributed by atoms with Gasteiger partial charge in [-0.2, -0.15) is 0 Å². The van der Waals surface area contributed by atoms with Crippen LogP contribution < -0.4 is 10.1 Å². The summed E-state index contributed by atoms with van der Waals surface area (Å²) in [4.78, 5) is 13.3. The molecule has 0 saturated carbocycles. The SMILES string of the molecule is CCOc1cccc2c1cc(C(=O)N[C@@H](C)c1ccccc1)n2Cc1cccc(F)c1. The number of amides is 1. The van der Waals surface area contributed by atoms with E-state index in [1.807, 2.05) is 79.1 Å². The predicted molar refractivity (Wildman–Crippen MR) is 121 cm³/mol. The number of benzene rings is 3. The van der Waals surface area contributed by atoms with Gasteiger partial charge in [0.15, 0.2) is 0 Å². The zero-order valence-corrected chi connectivity index (χ0v) is 17.6. The van der Waals surface area contributed by atoms with Gasteiger partial charge in [0.05, 0.1) is 18.2 Å². The quantitative estimate of drug-likeness (QED) is 0.419. The van der Waals surface area contributed by atoms with Crippen LogP contribution in [0.15, 0.2) is 78.9 Å². The first-order chi connectivity index (χ1) is 15.1. The summed E-state index contributed by atoms with van der Waals surface area (Å²) in [5, 5.41) is 3.95. The lowest BCUT2D eigenvalue weighted by Gasteiger charge is -2.16. The van der Waals surface area contributed by atoms with Gasteiger partial charge in [-0.05, 0) is 55.3 Å². The molecule has 1 amide bonds. The lowest BCUT2D eigenvalue weighted by Crippen LogP contribution is -2.28. The van der Waals surface area contributed by atoms with Gasteiger partial charge in [0.25, 0.3) is 5.91 Å². The molecule has 4 aromatic rings. The fraction of sp³-hybridized carbons (Fsp3) is 0.192. The molecule has 0 radical (unpaired) electrons. The normalized spacial score (nSPS) is 12.0. The first-order valence-electron chi connectivity index (χ1n) is 10.4. The highest BCUT2D eigenvalue weighted by atomic mass is 19.1. The summed E-state index contributed by atoms with van der Waals surface area (Å²) >= 11 is 0. The topological polar surface area (TPSA) is 43.3 Å². The van der Waals surface area contributed by atoms with Gasteiger partial charge >= 0.3 is 0 Å². The second kappa shape index (κ2) is 9.04. The van der Waals surface area contributed by atoms with Gasteiger partial charge < -0.3 is 14.6 Å². The summed E-state index contributed by atoms with van der Waals surface area (Å²) < 4.78 is 21.5. The molecule has 0 bridgehead atoms. The molecule has 0 aliphatic rings. The van der Waals surface area contributed by atoms with Crippen LogP contribution in [0.1, 0.15) is 41.5 Å². The van der Waals surface area contributed by atoms with E-state index >= 15 is 0 Å². The number of halogens is 1.